The number of alkyl halides is 3. The quantitative estimate of drug-likeness (QED) is 0.605. The average Bonchev–Trinajstić information content (AvgIpc) is 2.45. The molecule has 20 heavy (non-hydrogen) atoms. The van der Waals surface area contributed by atoms with Crippen LogP contribution in [0.4, 0.5) is 8.78 Å². The summed E-state index contributed by atoms with van der Waals surface area (Å²) in [5, 5.41) is -0.0252. The minimum atomic E-state index is -3.83. The van der Waals surface area contributed by atoms with Crippen molar-refractivity contribution in [1.29, 1.82) is 0 Å². The molecule has 1 rings (SSSR count). The molecule has 0 spiro atoms. The van der Waals surface area contributed by atoms with Gasteiger partial charge in [-0.3, -0.25) is 0 Å². The van der Waals surface area contributed by atoms with E-state index in [4.69, 9.17) is 0 Å². The zero-order valence-electron chi connectivity index (χ0n) is 10.9. The van der Waals surface area contributed by atoms with E-state index in [0.29, 0.717) is 0 Å². The topological polar surface area (TPSA) is 52.6 Å². The van der Waals surface area contributed by atoms with Gasteiger partial charge in [0.25, 0.3) is 0 Å². The first-order valence-corrected chi connectivity index (χ1v) is 6.83. The highest BCUT2D eigenvalue weighted by molar-refractivity contribution is 9.08. The summed E-state index contributed by atoms with van der Waals surface area (Å²) < 4.78 is 37.1. The van der Waals surface area contributed by atoms with Gasteiger partial charge in [-0.05, 0) is 18.6 Å². The highest BCUT2D eigenvalue weighted by atomic mass is 79.9. The van der Waals surface area contributed by atoms with Crippen LogP contribution in [0.25, 0.3) is 0 Å². The molecule has 0 saturated heterocycles. The maximum absolute atomic E-state index is 14.1. The summed E-state index contributed by atoms with van der Waals surface area (Å²) in [6.45, 7) is 1.28. The lowest BCUT2D eigenvalue weighted by Gasteiger charge is -2.19. The summed E-state index contributed by atoms with van der Waals surface area (Å²) in [6.07, 6.45) is 0. The van der Waals surface area contributed by atoms with E-state index in [-0.39, 0.29) is 23.1 Å². The Labute approximate surface area is 123 Å². The third-order valence-corrected chi connectivity index (χ3v) is 3.15. The zero-order chi connectivity index (χ0) is 15.3. The van der Waals surface area contributed by atoms with Crippen LogP contribution in [0.15, 0.2) is 18.2 Å². The predicted octanol–water partition coefficient (Wildman–Crippen LogP) is 3.02. The van der Waals surface area contributed by atoms with Crippen molar-refractivity contribution in [3.63, 3.8) is 0 Å². The normalized spacial score (nSPS) is 11.1. The first kappa shape index (κ1) is 16.6. The number of rotatable bonds is 5. The van der Waals surface area contributed by atoms with Gasteiger partial charge in [-0.2, -0.15) is 8.78 Å². The molecule has 0 aliphatic rings. The molecule has 0 atom stereocenters. The molecule has 0 heterocycles. The van der Waals surface area contributed by atoms with Crippen molar-refractivity contribution in [2.45, 2.75) is 18.2 Å². The maximum Gasteiger partial charge on any atom is 0.381 e. The van der Waals surface area contributed by atoms with Crippen molar-refractivity contribution in [2.75, 3.05) is 13.7 Å². The molecule has 0 amide bonds. The van der Waals surface area contributed by atoms with E-state index in [1.54, 1.807) is 0 Å². The molecule has 0 bridgehead atoms. The molecule has 0 saturated carbocycles. The Balaban J connectivity index is 3.38. The average molecular weight is 351 g/mol. The summed E-state index contributed by atoms with van der Waals surface area (Å²) >= 11 is 3.04. The molecule has 0 radical (unpaired) electrons. The number of benzene rings is 1. The smallest absolute Gasteiger partial charge is 0.381 e. The summed E-state index contributed by atoms with van der Waals surface area (Å²) in [5.41, 5.74) is -0.598. The summed E-state index contributed by atoms with van der Waals surface area (Å²) in [6, 6.07) is 3.70. The highest BCUT2D eigenvalue weighted by Crippen LogP contribution is 2.34. The molecule has 0 aliphatic heterocycles. The number of esters is 2. The van der Waals surface area contributed by atoms with Gasteiger partial charge in [-0.1, -0.05) is 28.1 Å². The zero-order valence-corrected chi connectivity index (χ0v) is 12.5. The third-order valence-electron chi connectivity index (χ3n) is 2.59. The third kappa shape index (κ3) is 3.15. The number of methoxy groups -OCH3 is 1. The maximum atomic E-state index is 14.1. The highest BCUT2D eigenvalue weighted by Gasteiger charge is 2.44. The minimum Gasteiger partial charge on any atom is -0.465 e. The Morgan fingerprint density at radius 2 is 2.00 bits per heavy atom. The number of hydrogen-bond acceptors (Lipinski definition) is 4. The summed E-state index contributed by atoms with van der Waals surface area (Å²) in [7, 11) is 1.15. The van der Waals surface area contributed by atoms with Crippen molar-refractivity contribution in [3.8, 4) is 0 Å². The van der Waals surface area contributed by atoms with Gasteiger partial charge in [-0.25, -0.2) is 9.59 Å². The van der Waals surface area contributed by atoms with Crippen LogP contribution in [-0.2, 0) is 25.5 Å². The van der Waals surface area contributed by atoms with E-state index in [2.05, 4.69) is 25.4 Å². The SMILES string of the molecule is CCOC(=O)C(F)(F)c1cccc(C(=O)OC)c1CBr. The van der Waals surface area contributed by atoms with E-state index < -0.39 is 23.4 Å². The first-order chi connectivity index (χ1) is 9.39. The number of ether oxygens (including phenoxy) is 2. The second kappa shape index (κ2) is 6.78. The van der Waals surface area contributed by atoms with Crippen LogP contribution in [0.3, 0.4) is 0 Å². The molecule has 0 unspecified atom stereocenters. The Morgan fingerprint density at radius 1 is 1.35 bits per heavy atom. The molecule has 7 heteroatoms. The Hall–Kier alpha value is -1.50. The van der Waals surface area contributed by atoms with Crippen LogP contribution in [0.5, 0.6) is 0 Å². The monoisotopic (exact) mass is 350 g/mol. The molecular weight excluding hydrogens is 338 g/mol. The summed E-state index contributed by atoms with van der Waals surface area (Å²) in [4.78, 5) is 22.9. The van der Waals surface area contributed by atoms with Crippen LogP contribution >= 0.6 is 15.9 Å². The van der Waals surface area contributed by atoms with E-state index in [1.807, 2.05) is 0 Å². The summed E-state index contributed by atoms with van der Waals surface area (Å²) in [5.74, 6) is -6.23. The van der Waals surface area contributed by atoms with Crippen LogP contribution in [0.2, 0.25) is 0 Å². The van der Waals surface area contributed by atoms with E-state index in [9.17, 15) is 18.4 Å². The Kier molecular flexibility index (Phi) is 5.62. The Bertz CT molecular complexity index is 517. The fourth-order valence-electron chi connectivity index (χ4n) is 1.66. The Morgan fingerprint density at radius 3 is 2.50 bits per heavy atom. The van der Waals surface area contributed by atoms with Crippen molar-refractivity contribution >= 4 is 27.9 Å². The molecule has 0 aromatic heterocycles. The van der Waals surface area contributed by atoms with Gasteiger partial charge in [0.1, 0.15) is 0 Å². The van der Waals surface area contributed by atoms with E-state index in [1.165, 1.54) is 19.1 Å². The van der Waals surface area contributed by atoms with Crippen LogP contribution < -0.4 is 0 Å². The van der Waals surface area contributed by atoms with Gasteiger partial charge in [0.05, 0.1) is 19.3 Å². The predicted molar refractivity (Wildman–Crippen MR) is 70.9 cm³/mol. The molecule has 0 fully saturated rings. The fourth-order valence-corrected chi connectivity index (χ4v) is 2.26. The number of hydrogen-bond donors (Lipinski definition) is 0. The molecule has 1 aromatic carbocycles. The van der Waals surface area contributed by atoms with Gasteiger partial charge >= 0.3 is 17.9 Å². The standard InChI is InChI=1S/C13H13BrF2O4/c1-3-20-12(18)13(15,16)10-6-4-5-8(9(10)7-14)11(17)19-2/h4-6H,3,7H2,1-2H3. The van der Waals surface area contributed by atoms with Crippen molar-refractivity contribution in [1.82, 2.24) is 0 Å². The molecule has 4 nitrogen and oxygen atoms in total. The van der Waals surface area contributed by atoms with Crippen molar-refractivity contribution < 1.29 is 27.8 Å². The number of halogens is 3. The van der Waals surface area contributed by atoms with Gasteiger partial charge in [-0.15, -0.1) is 0 Å². The molecule has 0 aliphatic carbocycles. The first-order valence-electron chi connectivity index (χ1n) is 5.71. The van der Waals surface area contributed by atoms with E-state index >= 15 is 0 Å². The van der Waals surface area contributed by atoms with Gasteiger partial charge in [0.2, 0.25) is 0 Å². The number of carbonyl (C=O) groups is 2. The van der Waals surface area contributed by atoms with Gasteiger partial charge < -0.3 is 9.47 Å². The minimum absolute atomic E-state index is 0.00240. The second-order valence-electron chi connectivity index (χ2n) is 3.75. The van der Waals surface area contributed by atoms with Gasteiger partial charge in [0.15, 0.2) is 0 Å². The lowest BCUT2D eigenvalue weighted by molar-refractivity contribution is -0.173. The number of carbonyl (C=O) groups excluding carboxylic acids is 2. The molecule has 1 aromatic rings. The van der Waals surface area contributed by atoms with Crippen molar-refractivity contribution in [3.05, 3.63) is 34.9 Å². The van der Waals surface area contributed by atoms with Gasteiger partial charge in [0, 0.05) is 10.9 Å². The van der Waals surface area contributed by atoms with E-state index in [0.717, 1.165) is 13.2 Å². The lowest BCUT2D eigenvalue weighted by atomic mass is 9.97. The fraction of sp³-hybridized carbons (Fsp3) is 0.385. The second-order valence-corrected chi connectivity index (χ2v) is 4.31. The largest absolute Gasteiger partial charge is 0.465 e. The van der Waals surface area contributed by atoms with Crippen LogP contribution in [0.1, 0.15) is 28.4 Å². The van der Waals surface area contributed by atoms with Crippen LogP contribution in [0, 0.1) is 0 Å². The van der Waals surface area contributed by atoms with Crippen molar-refractivity contribution in [2.24, 2.45) is 0 Å². The van der Waals surface area contributed by atoms with Crippen LogP contribution in [-0.4, -0.2) is 25.7 Å². The lowest BCUT2D eigenvalue weighted by Crippen LogP contribution is -2.30. The molecule has 0 N–H and O–H groups in total. The molecular formula is C13H13BrF2O4. The molecule has 110 valence electrons.